The summed E-state index contributed by atoms with van der Waals surface area (Å²) in [6, 6.07) is 0. The van der Waals surface area contributed by atoms with Crippen LogP contribution >= 0.6 is 24.4 Å². The number of thioether (sulfide) groups is 1. The number of nitrogens with one attached hydrogen (secondary N) is 2. The number of hydrogen-bond acceptors (Lipinski definition) is 5. The van der Waals surface area contributed by atoms with Crippen molar-refractivity contribution in [2.45, 2.75) is 89.7 Å². The molecule has 0 radical (unpaired) electrons. The van der Waals surface area contributed by atoms with Gasteiger partial charge in [0.1, 0.15) is 6.23 Å². The number of carbonyl (C=O) groups excluding carboxylic acids is 2. The molecule has 2 N–H and O–H groups in total. The van der Waals surface area contributed by atoms with E-state index in [1.54, 1.807) is 11.8 Å². The maximum atomic E-state index is 11.9. The van der Waals surface area contributed by atoms with Crippen LogP contribution in [-0.2, 0) is 14.3 Å². The van der Waals surface area contributed by atoms with E-state index in [0.29, 0.717) is 12.4 Å². The summed E-state index contributed by atoms with van der Waals surface area (Å²) in [6.45, 7) is 0.734. The third kappa shape index (κ3) is 15.5. The van der Waals surface area contributed by atoms with Crippen LogP contribution in [0.1, 0.15) is 83.5 Å². The molecule has 1 saturated heterocycles. The van der Waals surface area contributed by atoms with Crippen LogP contribution in [0, 0.1) is 0 Å². The molecule has 0 bridgehead atoms. The van der Waals surface area contributed by atoms with Crippen LogP contribution in [0.2, 0.25) is 0 Å². The fraction of sp³-hybridized carbons (Fsp3) is 0.905. The van der Waals surface area contributed by atoms with Crippen molar-refractivity contribution in [1.29, 1.82) is 0 Å². The summed E-state index contributed by atoms with van der Waals surface area (Å²) in [6.07, 6.45) is 15.6. The second-order valence-electron chi connectivity index (χ2n) is 7.51. The van der Waals surface area contributed by atoms with E-state index in [1.165, 1.54) is 51.4 Å². The number of unbranched alkanes of at least 4 members (excludes halogenated alkanes) is 8. The molecule has 0 aromatic carbocycles. The highest BCUT2D eigenvalue weighted by molar-refractivity contribution is 7.99. The summed E-state index contributed by atoms with van der Waals surface area (Å²) in [7, 11) is 0. The van der Waals surface area contributed by atoms with Gasteiger partial charge in [-0.3, -0.25) is 9.59 Å². The van der Waals surface area contributed by atoms with Gasteiger partial charge in [-0.2, -0.15) is 24.4 Å². The van der Waals surface area contributed by atoms with Gasteiger partial charge in [0.25, 0.3) is 0 Å². The first-order valence-electron chi connectivity index (χ1n) is 11.1. The Morgan fingerprint density at radius 1 is 0.893 bits per heavy atom. The van der Waals surface area contributed by atoms with Crippen molar-refractivity contribution in [3.05, 3.63) is 0 Å². The molecule has 0 spiro atoms. The van der Waals surface area contributed by atoms with E-state index in [9.17, 15) is 9.59 Å². The van der Waals surface area contributed by atoms with Crippen LogP contribution < -0.4 is 10.6 Å². The van der Waals surface area contributed by atoms with E-state index < -0.39 is 0 Å². The molecular weight excluding hydrogens is 392 g/mol. The molecule has 1 unspecified atom stereocenters. The highest BCUT2D eigenvalue weighted by atomic mass is 32.2. The molecule has 164 valence electrons. The van der Waals surface area contributed by atoms with Crippen LogP contribution in [0.15, 0.2) is 0 Å². The van der Waals surface area contributed by atoms with Crippen LogP contribution in [0.25, 0.3) is 0 Å². The lowest BCUT2D eigenvalue weighted by atomic mass is 10.1. The fourth-order valence-electron chi connectivity index (χ4n) is 3.21. The SMILES string of the molecule is O=C(CSCCCCCCCCCCCS)NCC(=O)NC1CCCCCO1. The van der Waals surface area contributed by atoms with Gasteiger partial charge < -0.3 is 15.4 Å². The van der Waals surface area contributed by atoms with Crippen molar-refractivity contribution in [3.63, 3.8) is 0 Å². The predicted octanol–water partition coefficient (Wildman–Crippen LogP) is 4.31. The number of hydrogen-bond donors (Lipinski definition) is 3. The minimum Gasteiger partial charge on any atom is -0.359 e. The summed E-state index contributed by atoms with van der Waals surface area (Å²) in [5.74, 6) is 2.22. The quantitative estimate of drug-likeness (QED) is 0.251. The predicted molar refractivity (Wildman–Crippen MR) is 122 cm³/mol. The zero-order valence-corrected chi connectivity index (χ0v) is 19.1. The van der Waals surface area contributed by atoms with Crippen LogP contribution in [0.4, 0.5) is 0 Å². The second kappa shape index (κ2) is 18.6. The van der Waals surface area contributed by atoms with E-state index in [-0.39, 0.29) is 24.6 Å². The molecule has 0 aromatic heterocycles. The van der Waals surface area contributed by atoms with Crippen molar-refractivity contribution in [2.75, 3.05) is 30.4 Å². The van der Waals surface area contributed by atoms with E-state index in [0.717, 1.165) is 43.6 Å². The summed E-state index contributed by atoms with van der Waals surface area (Å²) in [5.41, 5.74) is 0. The lowest BCUT2D eigenvalue weighted by molar-refractivity contribution is -0.127. The molecule has 5 nitrogen and oxygen atoms in total. The number of carbonyl (C=O) groups is 2. The summed E-state index contributed by atoms with van der Waals surface area (Å²) in [5, 5.41) is 5.54. The van der Waals surface area contributed by atoms with Gasteiger partial charge in [-0.05, 0) is 43.6 Å². The largest absolute Gasteiger partial charge is 0.359 e. The molecule has 2 amide bonds. The molecule has 28 heavy (non-hydrogen) atoms. The molecular formula is C21H40N2O3S2. The summed E-state index contributed by atoms with van der Waals surface area (Å²) < 4.78 is 5.58. The topological polar surface area (TPSA) is 67.4 Å². The fourth-order valence-corrected chi connectivity index (χ4v) is 4.27. The second-order valence-corrected chi connectivity index (χ2v) is 9.06. The van der Waals surface area contributed by atoms with Gasteiger partial charge in [0, 0.05) is 6.61 Å². The molecule has 1 atom stereocenters. The number of thiol groups is 1. The van der Waals surface area contributed by atoms with Gasteiger partial charge in [-0.15, -0.1) is 0 Å². The van der Waals surface area contributed by atoms with Crippen LogP contribution in [0.3, 0.4) is 0 Å². The van der Waals surface area contributed by atoms with Gasteiger partial charge >= 0.3 is 0 Å². The molecule has 0 saturated carbocycles. The Morgan fingerprint density at radius 2 is 1.57 bits per heavy atom. The average molecular weight is 433 g/mol. The summed E-state index contributed by atoms with van der Waals surface area (Å²) >= 11 is 5.88. The maximum absolute atomic E-state index is 11.9. The molecule has 1 aliphatic rings. The monoisotopic (exact) mass is 432 g/mol. The van der Waals surface area contributed by atoms with Crippen LogP contribution in [0.5, 0.6) is 0 Å². The lowest BCUT2D eigenvalue weighted by Gasteiger charge is -2.16. The Balaban J connectivity index is 1.86. The number of ether oxygens (including phenoxy) is 1. The van der Waals surface area contributed by atoms with Gasteiger partial charge in [0.15, 0.2) is 0 Å². The van der Waals surface area contributed by atoms with Crippen molar-refractivity contribution in [3.8, 4) is 0 Å². The van der Waals surface area contributed by atoms with E-state index in [2.05, 4.69) is 23.3 Å². The maximum Gasteiger partial charge on any atom is 0.241 e. The highest BCUT2D eigenvalue weighted by Gasteiger charge is 2.15. The molecule has 1 heterocycles. The highest BCUT2D eigenvalue weighted by Crippen LogP contribution is 2.12. The van der Waals surface area contributed by atoms with Gasteiger partial charge in [-0.25, -0.2) is 0 Å². The van der Waals surface area contributed by atoms with E-state index in [1.807, 2.05) is 0 Å². The Labute approximate surface area is 181 Å². The number of amides is 2. The van der Waals surface area contributed by atoms with Crippen molar-refractivity contribution in [2.24, 2.45) is 0 Å². The van der Waals surface area contributed by atoms with Gasteiger partial charge in [-0.1, -0.05) is 51.4 Å². The molecule has 0 aliphatic carbocycles. The number of rotatable bonds is 16. The Hall–Kier alpha value is -0.400. The zero-order chi connectivity index (χ0) is 20.3. The standard InChI is InChI=1S/C21H40N2O3S2/c24-19(23-21-13-9-8-10-14-26-21)17-22-20(25)18-28-16-12-7-5-3-1-2-4-6-11-15-27/h21,27H,1-18H2,(H,22,25)(H,23,24). The smallest absolute Gasteiger partial charge is 0.241 e. The molecule has 1 aliphatic heterocycles. The Morgan fingerprint density at radius 3 is 2.29 bits per heavy atom. The Bertz CT molecular complexity index is 403. The van der Waals surface area contributed by atoms with Gasteiger partial charge in [0.05, 0.1) is 12.3 Å². The van der Waals surface area contributed by atoms with E-state index >= 15 is 0 Å². The molecule has 1 fully saturated rings. The first-order valence-corrected chi connectivity index (χ1v) is 12.9. The van der Waals surface area contributed by atoms with Crippen molar-refractivity contribution in [1.82, 2.24) is 10.6 Å². The van der Waals surface area contributed by atoms with E-state index in [4.69, 9.17) is 4.74 Å². The molecule has 7 heteroatoms. The minimum absolute atomic E-state index is 0.0350. The lowest BCUT2D eigenvalue weighted by Crippen LogP contribution is -2.43. The molecule has 1 rings (SSSR count). The average Bonchev–Trinajstić information content (AvgIpc) is 2.96. The normalized spacial score (nSPS) is 17.1. The van der Waals surface area contributed by atoms with Crippen LogP contribution in [-0.4, -0.2) is 48.5 Å². The summed E-state index contributed by atoms with van der Waals surface area (Å²) in [4.78, 5) is 23.7. The third-order valence-electron chi connectivity index (χ3n) is 4.88. The van der Waals surface area contributed by atoms with Crippen molar-refractivity contribution >= 4 is 36.2 Å². The molecule has 0 aromatic rings. The first-order chi connectivity index (χ1) is 13.7. The first kappa shape index (κ1) is 25.6. The zero-order valence-electron chi connectivity index (χ0n) is 17.4. The minimum atomic E-state index is -0.200. The van der Waals surface area contributed by atoms with Crippen molar-refractivity contribution < 1.29 is 14.3 Å². The third-order valence-corrected chi connectivity index (χ3v) is 6.24. The Kier molecular flexibility index (Phi) is 17.0. The van der Waals surface area contributed by atoms with Gasteiger partial charge in [0.2, 0.25) is 11.8 Å².